The van der Waals surface area contributed by atoms with Crippen molar-refractivity contribution in [3.05, 3.63) is 12.4 Å². The van der Waals surface area contributed by atoms with Gasteiger partial charge in [0.2, 0.25) is 0 Å². The summed E-state index contributed by atoms with van der Waals surface area (Å²) in [6.07, 6.45) is 5.83. The molecule has 2 N–H and O–H groups in total. The summed E-state index contributed by atoms with van der Waals surface area (Å²) < 4.78 is 12.8. The van der Waals surface area contributed by atoms with Crippen molar-refractivity contribution in [2.45, 2.75) is 25.5 Å². The highest BCUT2D eigenvalue weighted by atomic mass is 16.5. The van der Waals surface area contributed by atoms with Gasteiger partial charge in [-0.1, -0.05) is 0 Å². The molecule has 0 unspecified atom stereocenters. The molecule has 5 nitrogen and oxygen atoms in total. The Kier molecular flexibility index (Phi) is 3.58. The molecule has 1 fully saturated rings. The molecule has 1 saturated heterocycles. The molecular weight excluding hydrogens is 194 g/mol. The Balaban J connectivity index is 1.86. The van der Waals surface area contributed by atoms with Crippen LogP contribution in [0.1, 0.15) is 12.8 Å². The third kappa shape index (κ3) is 2.94. The van der Waals surface area contributed by atoms with Gasteiger partial charge in [0.15, 0.2) is 5.75 Å². The quantitative estimate of drug-likeness (QED) is 0.783. The van der Waals surface area contributed by atoms with Crippen LogP contribution >= 0.6 is 0 Å². The van der Waals surface area contributed by atoms with E-state index in [4.69, 9.17) is 15.2 Å². The molecule has 84 valence electrons. The Morgan fingerprint density at radius 1 is 1.53 bits per heavy atom. The molecule has 1 aromatic heterocycles. The molecule has 0 atom stereocenters. The van der Waals surface area contributed by atoms with Crippen molar-refractivity contribution in [1.29, 1.82) is 0 Å². The maximum atomic E-state index is 5.78. The van der Waals surface area contributed by atoms with E-state index in [0.29, 0.717) is 6.54 Å². The first kappa shape index (κ1) is 10.4. The van der Waals surface area contributed by atoms with Gasteiger partial charge in [-0.3, -0.25) is 4.68 Å². The fraction of sp³-hybridized carbons (Fsp3) is 0.700. The highest BCUT2D eigenvalue weighted by molar-refractivity contribution is 5.12. The predicted molar refractivity (Wildman–Crippen MR) is 55.8 cm³/mol. The third-order valence-corrected chi connectivity index (χ3v) is 2.44. The molecule has 2 rings (SSSR count). The second-order valence-corrected chi connectivity index (χ2v) is 3.66. The molecule has 1 aromatic rings. The fourth-order valence-corrected chi connectivity index (χ4v) is 1.65. The van der Waals surface area contributed by atoms with Gasteiger partial charge in [0.1, 0.15) is 6.10 Å². The van der Waals surface area contributed by atoms with E-state index in [1.54, 1.807) is 10.9 Å². The normalized spacial score (nSPS) is 17.9. The molecule has 0 spiro atoms. The van der Waals surface area contributed by atoms with E-state index in [0.717, 1.165) is 38.3 Å². The van der Waals surface area contributed by atoms with Crippen LogP contribution in [0.5, 0.6) is 5.75 Å². The number of aromatic nitrogens is 2. The maximum Gasteiger partial charge on any atom is 0.157 e. The van der Waals surface area contributed by atoms with Crippen LogP contribution in [0, 0.1) is 0 Å². The first-order chi connectivity index (χ1) is 7.38. The van der Waals surface area contributed by atoms with Crippen LogP contribution in [-0.2, 0) is 11.3 Å². The van der Waals surface area contributed by atoms with Gasteiger partial charge in [0.25, 0.3) is 0 Å². The fourth-order valence-electron chi connectivity index (χ4n) is 1.65. The summed E-state index contributed by atoms with van der Waals surface area (Å²) in [5.41, 5.74) is 5.44. The minimum absolute atomic E-state index is 0.272. The van der Waals surface area contributed by atoms with Crippen molar-refractivity contribution < 1.29 is 9.47 Å². The van der Waals surface area contributed by atoms with Gasteiger partial charge in [-0.15, -0.1) is 0 Å². The zero-order valence-electron chi connectivity index (χ0n) is 8.76. The lowest BCUT2D eigenvalue weighted by Crippen LogP contribution is -2.25. The van der Waals surface area contributed by atoms with Crippen LogP contribution in [0.25, 0.3) is 0 Å². The predicted octanol–water partition coefficient (Wildman–Crippen LogP) is 0.400. The molecule has 15 heavy (non-hydrogen) atoms. The van der Waals surface area contributed by atoms with Crippen molar-refractivity contribution in [1.82, 2.24) is 9.78 Å². The molecular formula is C10H17N3O2. The Morgan fingerprint density at radius 3 is 3.07 bits per heavy atom. The number of hydrogen-bond donors (Lipinski definition) is 1. The van der Waals surface area contributed by atoms with E-state index in [2.05, 4.69) is 5.10 Å². The number of rotatable bonds is 4. The first-order valence-corrected chi connectivity index (χ1v) is 5.35. The Morgan fingerprint density at radius 2 is 2.33 bits per heavy atom. The molecule has 1 aliphatic heterocycles. The lowest BCUT2D eigenvalue weighted by molar-refractivity contribution is 0.0255. The summed E-state index contributed by atoms with van der Waals surface area (Å²) in [5, 5.41) is 4.15. The smallest absolute Gasteiger partial charge is 0.157 e. The van der Waals surface area contributed by atoms with Gasteiger partial charge in [0.05, 0.1) is 32.2 Å². The minimum atomic E-state index is 0.272. The van der Waals surface area contributed by atoms with Gasteiger partial charge >= 0.3 is 0 Å². The second kappa shape index (κ2) is 5.14. The molecule has 2 heterocycles. The van der Waals surface area contributed by atoms with Gasteiger partial charge in [-0.05, 0) is 0 Å². The highest BCUT2D eigenvalue weighted by Crippen LogP contribution is 2.16. The minimum Gasteiger partial charge on any atom is -0.487 e. The topological polar surface area (TPSA) is 62.3 Å². The summed E-state index contributed by atoms with van der Waals surface area (Å²) in [6, 6.07) is 0. The van der Waals surface area contributed by atoms with Crippen molar-refractivity contribution in [3.8, 4) is 5.75 Å². The molecule has 0 aliphatic carbocycles. The lowest BCUT2D eigenvalue weighted by Gasteiger charge is -2.22. The average molecular weight is 211 g/mol. The van der Waals surface area contributed by atoms with Gasteiger partial charge < -0.3 is 15.2 Å². The molecule has 1 aliphatic rings. The Bertz CT molecular complexity index is 295. The van der Waals surface area contributed by atoms with Crippen molar-refractivity contribution in [2.75, 3.05) is 19.8 Å². The summed E-state index contributed by atoms with van der Waals surface area (Å²) in [6.45, 7) is 2.92. The van der Waals surface area contributed by atoms with Crippen LogP contribution in [-0.4, -0.2) is 35.6 Å². The van der Waals surface area contributed by atoms with E-state index in [9.17, 15) is 0 Å². The van der Waals surface area contributed by atoms with E-state index in [-0.39, 0.29) is 6.10 Å². The van der Waals surface area contributed by atoms with E-state index >= 15 is 0 Å². The van der Waals surface area contributed by atoms with Gasteiger partial charge in [0, 0.05) is 19.4 Å². The third-order valence-electron chi connectivity index (χ3n) is 2.44. The monoisotopic (exact) mass is 211 g/mol. The number of hydrogen-bond acceptors (Lipinski definition) is 4. The average Bonchev–Trinajstić information content (AvgIpc) is 2.68. The number of nitrogens with two attached hydrogens (primary N) is 1. The number of nitrogens with zero attached hydrogens (tertiary/aromatic N) is 2. The van der Waals surface area contributed by atoms with Crippen molar-refractivity contribution in [2.24, 2.45) is 5.73 Å². The van der Waals surface area contributed by atoms with Crippen LogP contribution in [0.15, 0.2) is 12.4 Å². The zero-order valence-corrected chi connectivity index (χ0v) is 8.76. The molecule has 0 bridgehead atoms. The second-order valence-electron chi connectivity index (χ2n) is 3.66. The Hall–Kier alpha value is -1.07. The number of ether oxygens (including phenoxy) is 2. The maximum absolute atomic E-state index is 5.78. The van der Waals surface area contributed by atoms with E-state index in [1.165, 1.54) is 0 Å². The zero-order chi connectivity index (χ0) is 10.5. The van der Waals surface area contributed by atoms with E-state index in [1.807, 2.05) is 6.20 Å². The van der Waals surface area contributed by atoms with E-state index < -0.39 is 0 Å². The van der Waals surface area contributed by atoms with Crippen LogP contribution < -0.4 is 10.5 Å². The highest BCUT2D eigenvalue weighted by Gasteiger charge is 2.15. The SMILES string of the molecule is NCCn1cc(OC2CCOCC2)cn1. The molecule has 0 radical (unpaired) electrons. The first-order valence-electron chi connectivity index (χ1n) is 5.35. The Labute approximate surface area is 89.2 Å². The largest absolute Gasteiger partial charge is 0.487 e. The summed E-state index contributed by atoms with van der Waals surface area (Å²) >= 11 is 0. The molecule has 0 amide bonds. The summed E-state index contributed by atoms with van der Waals surface area (Å²) in [7, 11) is 0. The molecule has 0 saturated carbocycles. The van der Waals surface area contributed by atoms with Crippen LogP contribution in [0.4, 0.5) is 0 Å². The van der Waals surface area contributed by atoms with Crippen molar-refractivity contribution in [3.63, 3.8) is 0 Å². The van der Waals surface area contributed by atoms with Crippen LogP contribution in [0.2, 0.25) is 0 Å². The molecule has 5 heteroatoms. The summed E-state index contributed by atoms with van der Waals surface area (Å²) in [4.78, 5) is 0. The molecule has 0 aromatic carbocycles. The summed E-state index contributed by atoms with van der Waals surface area (Å²) in [5.74, 6) is 0.829. The lowest BCUT2D eigenvalue weighted by atomic mass is 10.1. The van der Waals surface area contributed by atoms with Crippen LogP contribution in [0.3, 0.4) is 0 Å². The van der Waals surface area contributed by atoms with Crippen molar-refractivity contribution >= 4 is 0 Å². The van der Waals surface area contributed by atoms with Gasteiger partial charge in [-0.25, -0.2) is 0 Å². The standard InChI is InChI=1S/C10H17N3O2/c11-3-4-13-8-10(7-12-13)15-9-1-5-14-6-2-9/h7-9H,1-6,11H2. The van der Waals surface area contributed by atoms with Gasteiger partial charge in [-0.2, -0.15) is 5.10 Å².